The highest BCUT2D eigenvalue weighted by Gasteiger charge is 2.41. The summed E-state index contributed by atoms with van der Waals surface area (Å²) < 4.78 is 1.64. The number of rotatable bonds is 5. The molecule has 0 spiro atoms. The summed E-state index contributed by atoms with van der Waals surface area (Å²) in [5.74, 6) is 0.440. The molecule has 5 nitrogen and oxygen atoms in total. The van der Waals surface area contributed by atoms with Crippen LogP contribution in [0, 0.1) is 5.92 Å². The van der Waals surface area contributed by atoms with Crippen molar-refractivity contribution < 1.29 is 4.79 Å². The van der Waals surface area contributed by atoms with Gasteiger partial charge in [0.25, 0.3) is 5.91 Å². The summed E-state index contributed by atoms with van der Waals surface area (Å²) in [6.45, 7) is 4.53. The number of nitrogens with two attached hydrogens (primary N) is 1. The quantitative estimate of drug-likeness (QED) is 0.813. The van der Waals surface area contributed by atoms with Crippen molar-refractivity contribution in [2.24, 2.45) is 18.7 Å². The molecule has 1 aliphatic carbocycles. The number of carbonyl (C=O) groups excluding carboxylic acids is 1. The van der Waals surface area contributed by atoms with Crippen molar-refractivity contribution in [3.63, 3.8) is 0 Å². The molecule has 100 valence electrons. The van der Waals surface area contributed by atoms with E-state index in [-0.39, 0.29) is 11.4 Å². The Morgan fingerprint density at radius 2 is 2.33 bits per heavy atom. The molecule has 18 heavy (non-hydrogen) atoms. The van der Waals surface area contributed by atoms with Gasteiger partial charge in [-0.05, 0) is 38.2 Å². The second-order valence-corrected chi connectivity index (χ2v) is 5.35. The lowest BCUT2D eigenvalue weighted by Gasteiger charge is -2.29. The van der Waals surface area contributed by atoms with Crippen LogP contribution in [0.1, 0.15) is 42.9 Å². The molecule has 1 aromatic rings. The molecule has 0 aromatic carbocycles. The molecule has 1 aliphatic rings. The molecule has 5 heteroatoms. The van der Waals surface area contributed by atoms with Crippen LogP contribution in [0.4, 0.5) is 0 Å². The number of carbonyl (C=O) groups is 1. The first kappa shape index (κ1) is 13.1. The minimum Gasteiger partial charge on any atom is -0.344 e. The van der Waals surface area contributed by atoms with Crippen LogP contribution in [0.5, 0.6) is 0 Å². The molecule has 1 unspecified atom stereocenters. The zero-order chi connectivity index (χ0) is 13.3. The first-order valence-corrected chi connectivity index (χ1v) is 6.55. The van der Waals surface area contributed by atoms with Gasteiger partial charge in [0, 0.05) is 13.6 Å². The molecule has 0 aliphatic heterocycles. The maximum absolute atomic E-state index is 12.3. The molecular weight excluding hydrogens is 228 g/mol. The Kier molecular flexibility index (Phi) is 3.43. The van der Waals surface area contributed by atoms with Gasteiger partial charge in [-0.15, -0.1) is 0 Å². The third kappa shape index (κ3) is 2.41. The number of aryl methyl sites for hydroxylation is 2. The average Bonchev–Trinajstić information content (AvgIpc) is 3.13. The highest BCUT2D eigenvalue weighted by Crippen LogP contribution is 2.39. The maximum Gasteiger partial charge on any atom is 0.270 e. The Balaban J connectivity index is 2.13. The van der Waals surface area contributed by atoms with Gasteiger partial charge in [0.05, 0.1) is 11.2 Å². The van der Waals surface area contributed by atoms with Crippen LogP contribution in [-0.4, -0.2) is 27.8 Å². The van der Waals surface area contributed by atoms with Crippen molar-refractivity contribution in [3.8, 4) is 0 Å². The molecule has 1 heterocycles. The summed E-state index contributed by atoms with van der Waals surface area (Å²) in [6.07, 6.45) is 3.14. The number of amides is 1. The van der Waals surface area contributed by atoms with Crippen molar-refractivity contribution in [3.05, 3.63) is 17.5 Å². The lowest BCUT2D eigenvalue weighted by Crippen LogP contribution is -2.53. The van der Waals surface area contributed by atoms with Crippen molar-refractivity contribution in [1.29, 1.82) is 0 Å². The van der Waals surface area contributed by atoms with Crippen LogP contribution in [0.2, 0.25) is 0 Å². The van der Waals surface area contributed by atoms with E-state index in [1.54, 1.807) is 11.7 Å². The van der Waals surface area contributed by atoms with E-state index < -0.39 is 0 Å². The second kappa shape index (κ2) is 4.72. The van der Waals surface area contributed by atoms with E-state index in [0.29, 0.717) is 18.2 Å². The van der Waals surface area contributed by atoms with Gasteiger partial charge in [-0.25, -0.2) is 0 Å². The van der Waals surface area contributed by atoms with E-state index in [2.05, 4.69) is 10.4 Å². The SMILES string of the molecule is CCc1cc(C(=O)NC(C)(CN)C2CC2)n(C)n1. The number of hydrogen-bond acceptors (Lipinski definition) is 3. The molecule has 0 radical (unpaired) electrons. The van der Waals surface area contributed by atoms with E-state index in [4.69, 9.17) is 5.73 Å². The van der Waals surface area contributed by atoms with Crippen LogP contribution in [0.25, 0.3) is 0 Å². The fraction of sp³-hybridized carbons (Fsp3) is 0.692. The van der Waals surface area contributed by atoms with Gasteiger partial charge in [0.1, 0.15) is 5.69 Å². The van der Waals surface area contributed by atoms with E-state index in [0.717, 1.165) is 25.0 Å². The highest BCUT2D eigenvalue weighted by atomic mass is 16.2. The lowest BCUT2D eigenvalue weighted by molar-refractivity contribution is 0.0888. The smallest absolute Gasteiger partial charge is 0.270 e. The van der Waals surface area contributed by atoms with E-state index in [9.17, 15) is 4.79 Å². The Labute approximate surface area is 108 Å². The summed E-state index contributed by atoms with van der Waals surface area (Å²) in [4.78, 5) is 12.3. The van der Waals surface area contributed by atoms with E-state index in [1.807, 2.05) is 19.9 Å². The molecule has 1 fully saturated rings. The van der Waals surface area contributed by atoms with Crippen LogP contribution in [0.3, 0.4) is 0 Å². The Morgan fingerprint density at radius 3 is 2.78 bits per heavy atom. The third-order valence-corrected chi connectivity index (χ3v) is 3.83. The van der Waals surface area contributed by atoms with Gasteiger partial charge in [-0.2, -0.15) is 5.10 Å². The summed E-state index contributed by atoms with van der Waals surface area (Å²) in [7, 11) is 1.80. The monoisotopic (exact) mass is 250 g/mol. The summed E-state index contributed by atoms with van der Waals surface area (Å²) in [6, 6.07) is 1.85. The Bertz CT molecular complexity index is 450. The number of nitrogens with zero attached hydrogens (tertiary/aromatic N) is 2. The molecule has 1 amide bonds. The molecule has 1 atom stereocenters. The summed E-state index contributed by atoms with van der Waals surface area (Å²) >= 11 is 0. The van der Waals surface area contributed by atoms with Gasteiger partial charge in [-0.3, -0.25) is 9.48 Å². The maximum atomic E-state index is 12.3. The predicted molar refractivity (Wildman–Crippen MR) is 70.2 cm³/mol. The first-order valence-electron chi connectivity index (χ1n) is 6.55. The highest BCUT2D eigenvalue weighted by molar-refractivity contribution is 5.93. The number of hydrogen-bond donors (Lipinski definition) is 2. The van der Waals surface area contributed by atoms with Gasteiger partial charge >= 0.3 is 0 Å². The number of aromatic nitrogens is 2. The summed E-state index contributed by atoms with van der Waals surface area (Å²) in [5.41, 5.74) is 7.06. The minimum absolute atomic E-state index is 0.0791. The van der Waals surface area contributed by atoms with Crippen LogP contribution < -0.4 is 11.1 Å². The second-order valence-electron chi connectivity index (χ2n) is 5.35. The van der Waals surface area contributed by atoms with Crippen molar-refractivity contribution in [2.45, 2.75) is 38.6 Å². The molecular formula is C13H22N4O. The molecule has 1 saturated carbocycles. The topological polar surface area (TPSA) is 72.9 Å². The van der Waals surface area contributed by atoms with E-state index in [1.165, 1.54) is 0 Å². The van der Waals surface area contributed by atoms with E-state index >= 15 is 0 Å². The third-order valence-electron chi connectivity index (χ3n) is 3.83. The lowest BCUT2D eigenvalue weighted by atomic mass is 9.96. The molecule has 0 bridgehead atoms. The largest absolute Gasteiger partial charge is 0.344 e. The fourth-order valence-corrected chi connectivity index (χ4v) is 2.28. The Morgan fingerprint density at radius 1 is 1.67 bits per heavy atom. The predicted octanol–water partition coefficient (Wildman–Crippen LogP) is 0.840. The van der Waals surface area contributed by atoms with Gasteiger partial charge in [-0.1, -0.05) is 6.92 Å². The van der Waals surface area contributed by atoms with Gasteiger partial charge < -0.3 is 11.1 Å². The van der Waals surface area contributed by atoms with Crippen molar-refractivity contribution in [1.82, 2.24) is 15.1 Å². The molecule has 2 rings (SSSR count). The van der Waals surface area contributed by atoms with Crippen LogP contribution in [-0.2, 0) is 13.5 Å². The van der Waals surface area contributed by atoms with Crippen LogP contribution in [0.15, 0.2) is 6.07 Å². The number of nitrogens with one attached hydrogen (secondary N) is 1. The first-order chi connectivity index (χ1) is 8.50. The van der Waals surface area contributed by atoms with Crippen molar-refractivity contribution >= 4 is 5.91 Å². The molecule has 3 N–H and O–H groups in total. The minimum atomic E-state index is -0.284. The fourth-order valence-electron chi connectivity index (χ4n) is 2.28. The van der Waals surface area contributed by atoms with Crippen LogP contribution >= 0.6 is 0 Å². The molecule has 0 saturated heterocycles. The zero-order valence-electron chi connectivity index (χ0n) is 11.4. The Hall–Kier alpha value is -1.36. The molecule has 1 aromatic heterocycles. The standard InChI is InChI=1S/C13H22N4O/c1-4-10-7-11(17(3)16-10)12(18)15-13(2,8-14)9-5-6-9/h7,9H,4-6,8,14H2,1-3H3,(H,15,18). The summed E-state index contributed by atoms with van der Waals surface area (Å²) in [5, 5.41) is 7.37. The normalized spacial score (nSPS) is 18.4. The van der Waals surface area contributed by atoms with Gasteiger partial charge in [0.15, 0.2) is 0 Å². The average molecular weight is 250 g/mol. The zero-order valence-corrected chi connectivity index (χ0v) is 11.4. The van der Waals surface area contributed by atoms with Crippen molar-refractivity contribution in [2.75, 3.05) is 6.54 Å². The van der Waals surface area contributed by atoms with Gasteiger partial charge in [0.2, 0.25) is 0 Å².